The van der Waals surface area contributed by atoms with Gasteiger partial charge in [-0.1, -0.05) is 22.0 Å². The minimum Gasteiger partial charge on any atom is -0.458 e. The van der Waals surface area contributed by atoms with Gasteiger partial charge in [0.25, 0.3) is 0 Å². The van der Waals surface area contributed by atoms with E-state index in [0.29, 0.717) is 5.56 Å². The third kappa shape index (κ3) is 2.05. The molecule has 0 bridgehead atoms. The molecule has 11 heavy (non-hydrogen) atoms. The van der Waals surface area contributed by atoms with Gasteiger partial charge in [-0.3, -0.25) is 0 Å². The van der Waals surface area contributed by atoms with Crippen LogP contribution < -0.4 is 0 Å². The van der Waals surface area contributed by atoms with Crippen LogP contribution in [0.4, 0.5) is 0 Å². The fourth-order valence-electron chi connectivity index (χ4n) is 0.699. The minimum absolute atomic E-state index is 0.425. The van der Waals surface area contributed by atoms with Gasteiger partial charge >= 0.3 is 5.97 Å². The van der Waals surface area contributed by atoms with Crippen LogP contribution in [0, 0.1) is 7.11 Å². The average Bonchev–Trinajstić information content (AvgIpc) is 2.03. The summed E-state index contributed by atoms with van der Waals surface area (Å²) in [5.41, 5.74) is 0.495. The molecule has 3 heteroatoms. The molecule has 1 radical (unpaired) electrons. The first-order chi connectivity index (χ1) is 5.24. The van der Waals surface area contributed by atoms with Gasteiger partial charge in [-0.25, -0.2) is 4.79 Å². The molecule has 0 aliphatic rings. The van der Waals surface area contributed by atoms with Crippen LogP contribution in [-0.4, -0.2) is 5.97 Å². The van der Waals surface area contributed by atoms with E-state index >= 15 is 0 Å². The summed E-state index contributed by atoms with van der Waals surface area (Å²) in [4.78, 5) is 10.9. The van der Waals surface area contributed by atoms with E-state index in [9.17, 15) is 4.79 Å². The molecule has 1 aromatic rings. The molecule has 1 rings (SSSR count). The highest BCUT2D eigenvalue weighted by molar-refractivity contribution is 9.10. The van der Waals surface area contributed by atoms with Crippen LogP contribution in [0.1, 0.15) is 10.4 Å². The van der Waals surface area contributed by atoms with Crippen LogP contribution in [0.3, 0.4) is 0 Å². The van der Waals surface area contributed by atoms with E-state index in [-0.39, 0.29) is 0 Å². The molecular weight excluding hydrogens is 208 g/mol. The number of carbonyl (C=O) groups excluding carboxylic acids is 1. The van der Waals surface area contributed by atoms with E-state index < -0.39 is 5.97 Å². The lowest BCUT2D eigenvalue weighted by Gasteiger charge is -1.97. The van der Waals surface area contributed by atoms with Crippen molar-refractivity contribution in [1.29, 1.82) is 0 Å². The van der Waals surface area contributed by atoms with Crippen LogP contribution in [0.15, 0.2) is 28.7 Å². The molecule has 0 aliphatic carbocycles. The van der Waals surface area contributed by atoms with Crippen molar-refractivity contribution in [3.8, 4) is 0 Å². The van der Waals surface area contributed by atoms with Gasteiger partial charge in [0.05, 0.1) is 5.56 Å². The Morgan fingerprint density at radius 3 is 2.82 bits per heavy atom. The lowest BCUT2D eigenvalue weighted by atomic mass is 10.2. The number of esters is 1. The summed E-state index contributed by atoms with van der Waals surface area (Å²) in [6.45, 7) is 0. The Balaban J connectivity index is 2.96. The number of rotatable bonds is 1. The molecule has 0 unspecified atom stereocenters. The largest absolute Gasteiger partial charge is 0.458 e. The molecule has 0 spiro atoms. The molecule has 1 aromatic carbocycles. The monoisotopic (exact) mass is 213 g/mol. The first-order valence-electron chi connectivity index (χ1n) is 2.96. The van der Waals surface area contributed by atoms with Crippen molar-refractivity contribution >= 4 is 21.9 Å². The Bertz CT molecular complexity index is 271. The first-order valence-corrected chi connectivity index (χ1v) is 3.75. The molecule has 0 N–H and O–H groups in total. The zero-order chi connectivity index (χ0) is 8.27. The molecule has 0 atom stereocenters. The quantitative estimate of drug-likeness (QED) is 0.671. The van der Waals surface area contributed by atoms with E-state index in [1.807, 2.05) is 6.07 Å². The Labute approximate surface area is 73.3 Å². The maximum atomic E-state index is 10.9. The predicted octanol–water partition coefficient (Wildman–Crippen LogP) is 2.40. The number of ether oxygens (including phenoxy) is 1. The van der Waals surface area contributed by atoms with Gasteiger partial charge in [0.2, 0.25) is 0 Å². The Kier molecular flexibility index (Phi) is 2.65. The summed E-state index contributed by atoms with van der Waals surface area (Å²) < 4.78 is 5.13. The fraction of sp³-hybridized carbons (Fsp3) is 0. The molecule has 0 aromatic heterocycles. The van der Waals surface area contributed by atoms with E-state index in [1.54, 1.807) is 18.2 Å². The maximum Gasteiger partial charge on any atom is 0.338 e. The van der Waals surface area contributed by atoms with Crippen LogP contribution in [0.5, 0.6) is 0 Å². The second-order valence-corrected chi connectivity index (χ2v) is 2.86. The SMILES string of the molecule is [CH2]OC(=O)c1cccc(Br)c1. The summed E-state index contributed by atoms with van der Waals surface area (Å²) in [7, 11) is 3.03. The van der Waals surface area contributed by atoms with Gasteiger partial charge in [-0.15, -0.1) is 0 Å². The van der Waals surface area contributed by atoms with Gasteiger partial charge in [-0.05, 0) is 18.2 Å². The van der Waals surface area contributed by atoms with Crippen LogP contribution >= 0.6 is 15.9 Å². The molecule has 0 amide bonds. The van der Waals surface area contributed by atoms with E-state index in [4.69, 9.17) is 0 Å². The van der Waals surface area contributed by atoms with Crippen molar-refractivity contribution in [2.24, 2.45) is 0 Å². The lowest BCUT2D eigenvalue weighted by Crippen LogP contribution is -1.98. The van der Waals surface area contributed by atoms with Crippen molar-refractivity contribution in [1.82, 2.24) is 0 Å². The van der Waals surface area contributed by atoms with Crippen molar-refractivity contribution in [3.05, 3.63) is 41.4 Å². The fourth-order valence-corrected chi connectivity index (χ4v) is 1.10. The third-order valence-electron chi connectivity index (χ3n) is 1.19. The van der Waals surface area contributed by atoms with E-state index in [2.05, 4.69) is 27.8 Å². The molecule has 0 saturated heterocycles. The number of hydrogen-bond acceptors (Lipinski definition) is 2. The minimum atomic E-state index is -0.425. The molecule has 0 fully saturated rings. The predicted molar refractivity (Wildman–Crippen MR) is 44.9 cm³/mol. The summed E-state index contributed by atoms with van der Waals surface area (Å²) in [5.74, 6) is -0.425. The number of halogens is 1. The Hall–Kier alpha value is -0.830. The number of carbonyl (C=O) groups is 1. The van der Waals surface area contributed by atoms with Gasteiger partial charge in [0, 0.05) is 4.47 Å². The molecule has 2 nitrogen and oxygen atoms in total. The maximum absolute atomic E-state index is 10.9. The zero-order valence-corrected chi connectivity index (χ0v) is 7.30. The van der Waals surface area contributed by atoms with Crippen molar-refractivity contribution in [2.45, 2.75) is 0 Å². The summed E-state index contributed by atoms with van der Waals surface area (Å²) in [6.07, 6.45) is 0. The molecule has 57 valence electrons. The Morgan fingerprint density at radius 2 is 2.27 bits per heavy atom. The lowest BCUT2D eigenvalue weighted by molar-refractivity contribution is 0.0654. The summed E-state index contributed by atoms with van der Waals surface area (Å²) in [5, 5.41) is 0. The highest BCUT2D eigenvalue weighted by atomic mass is 79.9. The molecule has 0 saturated carbocycles. The third-order valence-corrected chi connectivity index (χ3v) is 1.68. The number of hydrogen-bond donors (Lipinski definition) is 0. The Morgan fingerprint density at radius 1 is 1.55 bits per heavy atom. The average molecular weight is 214 g/mol. The van der Waals surface area contributed by atoms with Gasteiger partial charge in [0.15, 0.2) is 0 Å². The van der Waals surface area contributed by atoms with Crippen LogP contribution in [-0.2, 0) is 4.74 Å². The first kappa shape index (κ1) is 8.27. The molecule has 0 heterocycles. The standard InChI is InChI=1S/C8H6BrO2/c1-11-8(10)6-3-2-4-7(9)5-6/h2-5H,1H2. The van der Waals surface area contributed by atoms with Crippen molar-refractivity contribution in [3.63, 3.8) is 0 Å². The van der Waals surface area contributed by atoms with E-state index in [0.717, 1.165) is 4.47 Å². The topological polar surface area (TPSA) is 26.3 Å². The van der Waals surface area contributed by atoms with Gasteiger partial charge < -0.3 is 4.74 Å². The van der Waals surface area contributed by atoms with Crippen molar-refractivity contribution < 1.29 is 9.53 Å². The second-order valence-electron chi connectivity index (χ2n) is 1.94. The normalized spacial score (nSPS) is 9.27. The highest BCUT2D eigenvalue weighted by Crippen LogP contribution is 2.11. The second kappa shape index (κ2) is 3.53. The van der Waals surface area contributed by atoms with Crippen LogP contribution in [0.25, 0.3) is 0 Å². The van der Waals surface area contributed by atoms with Crippen molar-refractivity contribution in [2.75, 3.05) is 0 Å². The van der Waals surface area contributed by atoms with Gasteiger partial charge in [0.1, 0.15) is 7.11 Å². The zero-order valence-electron chi connectivity index (χ0n) is 5.71. The van der Waals surface area contributed by atoms with Gasteiger partial charge in [-0.2, -0.15) is 0 Å². The summed E-state index contributed by atoms with van der Waals surface area (Å²) >= 11 is 3.23. The van der Waals surface area contributed by atoms with E-state index in [1.165, 1.54) is 0 Å². The number of benzene rings is 1. The smallest absolute Gasteiger partial charge is 0.338 e. The van der Waals surface area contributed by atoms with Crippen LogP contribution in [0.2, 0.25) is 0 Å². The summed E-state index contributed by atoms with van der Waals surface area (Å²) in [6, 6.07) is 6.93. The highest BCUT2D eigenvalue weighted by Gasteiger charge is 2.03. The molecule has 0 aliphatic heterocycles. The molecular formula is C8H6BrO2.